The van der Waals surface area contributed by atoms with Gasteiger partial charge in [0.25, 0.3) is 0 Å². The molecule has 6 nitrogen and oxygen atoms in total. The average Bonchev–Trinajstić information content (AvgIpc) is 3.28. The molecule has 0 aliphatic heterocycles. The predicted molar refractivity (Wildman–Crippen MR) is 270 cm³/mol. The Kier molecular flexibility index (Phi) is 48.5. The molecule has 0 fully saturated rings. The lowest BCUT2D eigenvalue weighted by Crippen LogP contribution is -2.30. The zero-order valence-electron chi connectivity index (χ0n) is 41.1. The first-order chi connectivity index (χ1) is 31.0. The van der Waals surface area contributed by atoms with Crippen molar-refractivity contribution < 1.29 is 28.6 Å². The topological polar surface area (TPSA) is 78.9 Å². The van der Waals surface area contributed by atoms with Crippen molar-refractivity contribution in [1.29, 1.82) is 0 Å². The second kappa shape index (κ2) is 51.2. The van der Waals surface area contributed by atoms with Gasteiger partial charge in [0, 0.05) is 19.3 Å². The summed E-state index contributed by atoms with van der Waals surface area (Å²) >= 11 is 0. The normalized spacial score (nSPS) is 12.7. The molecule has 0 aromatic rings. The fraction of sp³-hybridized carbons (Fsp3) is 0.702. The number of rotatable bonds is 46. The van der Waals surface area contributed by atoms with Crippen LogP contribution in [0.25, 0.3) is 0 Å². The fourth-order valence-electron chi connectivity index (χ4n) is 6.95. The molecule has 0 heterocycles. The summed E-state index contributed by atoms with van der Waals surface area (Å²) in [7, 11) is 0. The second-order valence-electron chi connectivity index (χ2n) is 17.1. The van der Waals surface area contributed by atoms with E-state index in [1.807, 2.05) is 0 Å². The van der Waals surface area contributed by atoms with Crippen LogP contribution in [0.5, 0.6) is 0 Å². The molecular formula is C57H96O6. The highest BCUT2D eigenvalue weighted by atomic mass is 16.6. The van der Waals surface area contributed by atoms with Gasteiger partial charge in [-0.3, -0.25) is 14.4 Å². The molecular weight excluding hydrogens is 781 g/mol. The van der Waals surface area contributed by atoms with Crippen LogP contribution in [0.2, 0.25) is 0 Å². The lowest BCUT2D eigenvalue weighted by atomic mass is 10.1. The van der Waals surface area contributed by atoms with Crippen molar-refractivity contribution >= 4 is 17.9 Å². The van der Waals surface area contributed by atoms with Gasteiger partial charge in [0.2, 0.25) is 0 Å². The Morgan fingerprint density at radius 2 is 0.635 bits per heavy atom. The van der Waals surface area contributed by atoms with Crippen LogP contribution in [0.1, 0.15) is 239 Å². The summed E-state index contributed by atoms with van der Waals surface area (Å²) in [6, 6.07) is 0. The van der Waals surface area contributed by atoms with Crippen LogP contribution >= 0.6 is 0 Å². The number of carbonyl (C=O) groups is 3. The Balaban J connectivity index is 4.26. The van der Waals surface area contributed by atoms with E-state index in [1.54, 1.807) is 0 Å². The van der Waals surface area contributed by atoms with E-state index in [-0.39, 0.29) is 31.1 Å². The summed E-state index contributed by atoms with van der Waals surface area (Å²) in [5.41, 5.74) is 0. The molecule has 1 atom stereocenters. The van der Waals surface area contributed by atoms with E-state index >= 15 is 0 Å². The number of hydrogen-bond acceptors (Lipinski definition) is 6. The van der Waals surface area contributed by atoms with E-state index in [1.165, 1.54) is 77.0 Å². The van der Waals surface area contributed by atoms with Gasteiger partial charge in [0.05, 0.1) is 0 Å². The van der Waals surface area contributed by atoms with E-state index in [4.69, 9.17) is 14.2 Å². The van der Waals surface area contributed by atoms with Gasteiger partial charge in [0.1, 0.15) is 13.2 Å². The van der Waals surface area contributed by atoms with E-state index < -0.39 is 6.10 Å². The number of carbonyl (C=O) groups excluding carboxylic acids is 3. The van der Waals surface area contributed by atoms with Crippen LogP contribution in [0.15, 0.2) is 85.1 Å². The minimum absolute atomic E-state index is 0.0837. The van der Waals surface area contributed by atoms with Gasteiger partial charge < -0.3 is 14.2 Å². The predicted octanol–water partition coefficient (Wildman–Crippen LogP) is 17.2. The number of unbranched alkanes of at least 4 members (excludes halogenated alkanes) is 21. The standard InChI is InChI=1S/C57H96O6/c1-4-7-10-13-16-19-21-22-23-24-25-26-27-28-29-30-31-32-33-34-36-38-41-44-47-50-56(59)62-53-54(52-61-55(58)49-46-43-40-37-18-15-12-9-6-3)63-57(60)51-48-45-42-39-35-20-17-14-11-8-5-2/h7,10,14,16-17,19,22-23,25-26,28-29,31-32,54H,4-6,8-9,11-13,15,18,20-21,24,27,30,33-53H2,1-3H3/b10-7-,17-14-,19-16-,23-22-,26-25-,29-28-,32-31-. The SMILES string of the molecule is CC/C=C\C/C=C\C/C=C\C/C=C\C/C=C\C/C=C\CCCCCCCCC(=O)OCC(COC(=O)CCCCCCCCCCC)OC(=O)CCCCCCC/C=C\CCCC. The highest BCUT2D eigenvalue weighted by molar-refractivity contribution is 5.71. The highest BCUT2D eigenvalue weighted by Crippen LogP contribution is 2.14. The number of hydrogen-bond donors (Lipinski definition) is 0. The van der Waals surface area contributed by atoms with Crippen molar-refractivity contribution in [2.45, 2.75) is 245 Å². The molecule has 0 rings (SSSR count). The maximum absolute atomic E-state index is 12.7. The zero-order chi connectivity index (χ0) is 45.8. The van der Waals surface area contributed by atoms with Crippen LogP contribution in [-0.4, -0.2) is 37.2 Å². The second-order valence-corrected chi connectivity index (χ2v) is 17.1. The average molecular weight is 877 g/mol. The lowest BCUT2D eigenvalue weighted by molar-refractivity contribution is -0.167. The summed E-state index contributed by atoms with van der Waals surface area (Å²) in [4.78, 5) is 37.8. The Morgan fingerprint density at radius 1 is 0.333 bits per heavy atom. The lowest BCUT2D eigenvalue weighted by Gasteiger charge is -2.18. The van der Waals surface area contributed by atoms with Crippen LogP contribution in [0.4, 0.5) is 0 Å². The van der Waals surface area contributed by atoms with Gasteiger partial charge in [-0.1, -0.05) is 215 Å². The zero-order valence-corrected chi connectivity index (χ0v) is 41.1. The minimum atomic E-state index is -0.783. The van der Waals surface area contributed by atoms with E-state index in [2.05, 4.69) is 106 Å². The molecule has 0 aromatic heterocycles. The first-order valence-corrected chi connectivity index (χ1v) is 26.1. The number of esters is 3. The Bertz CT molecular complexity index is 1240. The molecule has 0 radical (unpaired) electrons. The summed E-state index contributed by atoms with van der Waals surface area (Å²) in [6.07, 6.45) is 65.8. The third-order valence-electron chi connectivity index (χ3n) is 10.9. The molecule has 360 valence electrons. The molecule has 0 aliphatic rings. The maximum atomic E-state index is 12.7. The monoisotopic (exact) mass is 877 g/mol. The van der Waals surface area contributed by atoms with Crippen molar-refractivity contribution in [3.63, 3.8) is 0 Å². The van der Waals surface area contributed by atoms with Crippen LogP contribution in [0.3, 0.4) is 0 Å². The van der Waals surface area contributed by atoms with E-state index in [0.717, 1.165) is 122 Å². The minimum Gasteiger partial charge on any atom is -0.462 e. The first-order valence-electron chi connectivity index (χ1n) is 26.1. The summed E-state index contributed by atoms with van der Waals surface area (Å²) in [6.45, 7) is 6.44. The number of allylic oxidation sites excluding steroid dienone is 14. The quantitative estimate of drug-likeness (QED) is 0.0262. The molecule has 0 saturated carbocycles. The van der Waals surface area contributed by atoms with Crippen molar-refractivity contribution in [1.82, 2.24) is 0 Å². The molecule has 1 unspecified atom stereocenters. The van der Waals surface area contributed by atoms with Gasteiger partial charge in [-0.15, -0.1) is 0 Å². The third kappa shape index (κ3) is 49.5. The summed E-state index contributed by atoms with van der Waals surface area (Å²) in [5.74, 6) is -0.913. The van der Waals surface area contributed by atoms with Gasteiger partial charge in [-0.25, -0.2) is 0 Å². The Morgan fingerprint density at radius 3 is 1.03 bits per heavy atom. The molecule has 0 bridgehead atoms. The maximum Gasteiger partial charge on any atom is 0.306 e. The van der Waals surface area contributed by atoms with Gasteiger partial charge in [-0.05, 0) is 89.9 Å². The molecule has 0 spiro atoms. The van der Waals surface area contributed by atoms with Gasteiger partial charge in [-0.2, -0.15) is 0 Å². The van der Waals surface area contributed by atoms with Crippen LogP contribution < -0.4 is 0 Å². The van der Waals surface area contributed by atoms with Crippen molar-refractivity contribution in [2.24, 2.45) is 0 Å². The van der Waals surface area contributed by atoms with Crippen molar-refractivity contribution in [2.75, 3.05) is 13.2 Å². The van der Waals surface area contributed by atoms with Gasteiger partial charge >= 0.3 is 17.9 Å². The fourth-order valence-corrected chi connectivity index (χ4v) is 6.95. The smallest absolute Gasteiger partial charge is 0.306 e. The van der Waals surface area contributed by atoms with E-state index in [9.17, 15) is 14.4 Å². The Hall–Kier alpha value is -3.41. The van der Waals surface area contributed by atoms with Crippen molar-refractivity contribution in [3.8, 4) is 0 Å². The molecule has 6 heteroatoms. The largest absolute Gasteiger partial charge is 0.462 e. The first kappa shape index (κ1) is 59.6. The Labute approximate surface area is 388 Å². The van der Waals surface area contributed by atoms with Crippen LogP contribution in [0, 0.1) is 0 Å². The summed E-state index contributed by atoms with van der Waals surface area (Å²) in [5, 5.41) is 0. The van der Waals surface area contributed by atoms with Gasteiger partial charge in [0.15, 0.2) is 6.10 Å². The number of ether oxygens (including phenoxy) is 3. The molecule has 63 heavy (non-hydrogen) atoms. The van der Waals surface area contributed by atoms with Crippen LogP contribution in [-0.2, 0) is 28.6 Å². The molecule has 0 aromatic carbocycles. The molecule has 0 amide bonds. The molecule has 0 N–H and O–H groups in total. The summed E-state index contributed by atoms with van der Waals surface area (Å²) < 4.78 is 16.7. The highest BCUT2D eigenvalue weighted by Gasteiger charge is 2.19. The molecule has 0 saturated heterocycles. The van der Waals surface area contributed by atoms with E-state index in [0.29, 0.717) is 19.3 Å². The molecule has 0 aliphatic carbocycles. The van der Waals surface area contributed by atoms with Crippen molar-refractivity contribution in [3.05, 3.63) is 85.1 Å². The third-order valence-corrected chi connectivity index (χ3v) is 10.9.